The minimum absolute atomic E-state index is 0.158. The number of ether oxygens (including phenoxy) is 1. The SMILES string of the molecule is Nc1cc(Cl)ccc1C(=O)OCc1noc(-c2ccccc2Cl)n1. The second-order valence-corrected chi connectivity index (χ2v) is 5.65. The maximum Gasteiger partial charge on any atom is 0.340 e. The van der Waals surface area contributed by atoms with Gasteiger partial charge in [-0.15, -0.1) is 0 Å². The van der Waals surface area contributed by atoms with Crippen molar-refractivity contribution in [3.05, 3.63) is 63.9 Å². The number of aromatic nitrogens is 2. The standard InChI is InChI=1S/C16H11Cl2N3O3/c17-9-5-6-11(13(19)7-9)16(22)23-8-14-20-15(24-21-14)10-3-1-2-4-12(10)18/h1-7H,8,19H2. The highest BCUT2D eigenvalue weighted by Gasteiger charge is 2.15. The molecule has 3 aromatic rings. The van der Waals surface area contributed by atoms with Gasteiger partial charge in [-0.1, -0.05) is 40.5 Å². The van der Waals surface area contributed by atoms with Crippen molar-refractivity contribution in [2.24, 2.45) is 0 Å². The summed E-state index contributed by atoms with van der Waals surface area (Å²) in [5.74, 6) is -0.142. The lowest BCUT2D eigenvalue weighted by Gasteiger charge is -2.05. The number of carbonyl (C=O) groups excluding carboxylic acids is 1. The highest BCUT2D eigenvalue weighted by Crippen LogP contribution is 2.26. The molecule has 0 atom stereocenters. The predicted molar refractivity (Wildman–Crippen MR) is 89.7 cm³/mol. The van der Waals surface area contributed by atoms with Gasteiger partial charge in [0, 0.05) is 10.7 Å². The molecule has 0 amide bonds. The zero-order valence-corrected chi connectivity index (χ0v) is 13.7. The molecular formula is C16H11Cl2N3O3. The van der Waals surface area contributed by atoms with E-state index in [0.717, 1.165) is 0 Å². The van der Waals surface area contributed by atoms with Crippen LogP contribution in [0.15, 0.2) is 47.0 Å². The molecular weight excluding hydrogens is 353 g/mol. The monoisotopic (exact) mass is 363 g/mol. The molecule has 24 heavy (non-hydrogen) atoms. The van der Waals surface area contributed by atoms with Crippen molar-refractivity contribution in [2.45, 2.75) is 6.61 Å². The fraction of sp³-hybridized carbons (Fsp3) is 0.0625. The molecule has 1 aromatic heterocycles. The molecule has 0 radical (unpaired) electrons. The van der Waals surface area contributed by atoms with Crippen LogP contribution in [0.1, 0.15) is 16.2 Å². The van der Waals surface area contributed by atoms with Gasteiger partial charge in [0.25, 0.3) is 5.89 Å². The van der Waals surface area contributed by atoms with E-state index in [1.54, 1.807) is 30.3 Å². The summed E-state index contributed by atoms with van der Waals surface area (Å²) in [7, 11) is 0. The maximum atomic E-state index is 12.0. The number of halogens is 2. The Labute approximate surface area is 147 Å². The lowest BCUT2D eigenvalue weighted by atomic mass is 10.2. The molecule has 3 rings (SSSR count). The number of nitrogens with two attached hydrogens (primary N) is 1. The molecule has 2 N–H and O–H groups in total. The Morgan fingerprint density at radius 3 is 2.75 bits per heavy atom. The molecule has 0 bridgehead atoms. The molecule has 0 aliphatic rings. The molecule has 1 heterocycles. The lowest BCUT2D eigenvalue weighted by molar-refractivity contribution is 0.0461. The van der Waals surface area contributed by atoms with Crippen LogP contribution in [0.2, 0.25) is 10.0 Å². The van der Waals surface area contributed by atoms with Crippen LogP contribution in [0.5, 0.6) is 0 Å². The number of nitrogen functional groups attached to an aromatic ring is 1. The van der Waals surface area contributed by atoms with Crippen molar-refractivity contribution in [3.63, 3.8) is 0 Å². The van der Waals surface area contributed by atoms with Crippen LogP contribution in [0.25, 0.3) is 11.5 Å². The zero-order valence-electron chi connectivity index (χ0n) is 12.2. The summed E-state index contributed by atoms with van der Waals surface area (Å²) in [4.78, 5) is 16.2. The summed E-state index contributed by atoms with van der Waals surface area (Å²) in [6.45, 7) is -0.158. The summed E-state index contributed by atoms with van der Waals surface area (Å²) >= 11 is 11.9. The smallest absolute Gasteiger partial charge is 0.340 e. The Hall–Kier alpha value is -2.57. The molecule has 122 valence electrons. The van der Waals surface area contributed by atoms with Crippen molar-refractivity contribution in [3.8, 4) is 11.5 Å². The molecule has 0 spiro atoms. The molecule has 6 nitrogen and oxygen atoms in total. The molecule has 0 saturated carbocycles. The van der Waals surface area contributed by atoms with Crippen LogP contribution >= 0.6 is 23.2 Å². The Balaban J connectivity index is 1.69. The Bertz CT molecular complexity index is 896. The van der Waals surface area contributed by atoms with Gasteiger partial charge in [0.05, 0.1) is 16.1 Å². The third-order valence-corrected chi connectivity index (χ3v) is 3.70. The molecule has 2 aromatic carbocycles. The molecule has 0 fully saturated rings. The lowest BCUT2D eigenvalue weighted by Crippen LogP contribution is -2.08. The first-order chi connectivity index (χ1) is 11.5. The van der Waals surface area contributed by atoms with E-state index >= 15 is 0 Å². The van der Waals surface area contributed by atoms with Gasteiger partial charge >= 0.3 is 5.97 Å². The summed E-state index contributed by atoms with van der Waals surface area (Å²) < 4.78 is 10.3. The molecule has 0 aliphatic heterocycles. The summed E-state index contributed by atoms with van der Waals surface area (Å²) in [5, 5.41) is 4.68. The number of nitrogens with zero attached hydrogens (tertiary/aromatic N) is 2. The van der Waals surface area contributed by atoms with Crippen molar-refractivity contribution in [1.82, 2.24) is 10.1 Å². The normalized spacial score (nSPS) is 10.6. The van der Waals surface area contributed by atoms with Crippen LogP contribution in [0, 0.1) is 0 Å². The van der Waals surface area contributed by atoms with Crippen LogP contribution < -0.4 is 5.73 Å². The van der Waals surface area contributed by atoms with Crippen molar-refractivity contribution in [2.75, 3.05) is 5.73 Å². The van der Waals surface area contributed by atoms with E-state index in [4.69, 9.17) is 38.2 Å². The topological polar surface area (TPSA) is 91.2 Å². The van der Waals surface area contributed by atoms with Crippen molar-refractivity contribution >= 4 is 34.9 Å². The first-order valence-corrected chi connectivity index (χ1v) is 7.60. The van der Waals surface area contributed by atoms with Crippen LogP contribution in [0.4, 0.5) is 5.69 Å². The van der Waals surface area contributed by atoms with Crippen LogP contribution in [0.3, 0.4) is 0 Å². The quantitative estimate of drug-likeness (QED) is 0.556. The largest absolute Gasteiger partial charge is 0.454 e. The second-order valence-electron chi connectivity index (χ2n) is 4.80. The molecule has 0 aliphatic carbocycles. The van der Waals surface area contributed by atoms with Gasteiger partial charge in [0.2, 0.25) is 5.82 Å². The minimum atomic E-state index is -0.603. The fourth-order valence-electron chi connectivity index (χ4n) is 1.98. The van der Waals surface area contributed by atoms with Gasteiger partial charge in [-0.2, -0.15) is 4.98 Å². The molecule has 0 unspecified atom stereocenters. The van der Waals surface area contributed by atoms with Crippen molar-refractivity contribution in [1.29, 1.82) is 0 Å². The van der Waals surface area contributed by atoms with Gasteiger partial charge in [-0.05, 0) is 30.3 Å². The molecule has 8 heteroatoms. The number of benzene rings is 2. The van der Waals surface area contributed by atoms with E-state index in [1.807, 2.05) is 0 Å². The highest BCUT2D eigenvalue weighted by atomic mass is 35.5. The number of esters is 1. The van der Waals surface area contributed by atoms with Crippen molar-refractivity contribution < 1.29 is 14.1 Å². The number of anilines is 1. The summed E-state index contributed by atoms with van der Waals surface area (Å²) in [6, 6.07) is 11.6. The Morgan fingerprint density at radius 1 is 1.21 bits per heavy atom. The highest BCUT2D eigenvalue weighted by molar-refractivity contribution is 6.33. The number of rotatable bonds is 4. The fourth-order valence-corrected chi connectivity index (χ4v) is 2.38. The van der Waals surface area contributed by atoms with Gasteiger partial charge in [0.1, 0.15) is 0 Å². The third kappa shape index (κ3) is 3.50. The van der Waals surface area contributed by atoms with Gasteiger partial charge < -0.3 is 15.0 Å². The van der Waals surface area contributed by atoms with Gasteiger partial charge in [-0.25, -0.2) is 4.79 Å². The molecule has 0 saturated heterocycles. The first-order valence-electron chi connectivity index (χ1n) is 6.84. The number of hydrogen-bond acceptors (Lipinski definition) is 6. The van der Waals surface area contributed by atoms with E-state index < -0.39 is 5.97 Å². The van der Waals surface area contributed by atoms with E-state index in [1.165, 1.54) is 12.1 Å². The number of hydrogen-bond donors (Lipinski definition) is 1. The predicted octanol–water partition coefficient (Wildman–Crippen LogP) is 3.98. The summed E-state index contributed by atoms with van der Waals surface area (Å²) in [5.41, 5.74) is 6.79. The Morgan fingerprint density at radius 2 is 2.00 bits per heavy atom. The number of carbonyl (C=O) groups is 1. The third-order valence-electron chi connectivity index (χ3n) is 3.14. The second kappa shape index (κ2) is 6.90. The first kappa shape index (κ1) is 16.3. The zero-order chi connectivity index (χ0) is 17.1. The average molecular weight is 364 g/mol. The van der Waals surface area contributed by atoms with Gasteiger partial charge in [-0.3, -0.25) is 0 Å². The summed E-state index contributed by atoms with van der Waals surface area (Å²) in [6.07, 6.45) is 0. The van der Waals surface area contributed by atoms with E-state index in [-0.39, 0.29) is 29.6 Å². The average Bonchev–Trinajstić information content (AvgIpc) is 3.02. The van der Waals surface area contributed by atoms with Crippen LogP contribution in [-0.2, 0) is 11.3 Å². The van der Waals surface area contributed by atoms with Crippen LogP contribution in [-0.4, -0.2) is 16.1 Å². The van der Waals surface area contributed by atoms with E-state index in [0.29, 0.717) is 15.6 Å². The maximum absolute atomic E-state index is 12.0. The Kier molecular flexibility index (Phi) is 4.69. The minimum Gasteiger partial charge on any atom is -0.454 e. The van der Waals surface area contributed by atoms with E-state index in [9.17, 15) is 4.79 Å². The van der Waals surface area contributed by atoms with E-state index in [2.05, 4.69) is 10.1 Å². The van der Waals surface area contributed by atoms with Gasteiger partial charge in [0.15, 0.2) is 6.61 Å².